The Labute approximate surface area is 94.0 Å². The van der Waals surface area contributed by atoms with Gasteiger partial charge >= 0.3 is 0 Å². The summed E-state index contributed by atoms with van der Waals surface area (Å²) in [5.41, 5.74) is 3.08. The predicted molar refractivity (Wildman–Crippen MR) is 61.8 cm³/mol. The molecule has 0 amide bonds. The van der Waals surface area contributed by atoms with Crippen LogP contribution >= 0.6 is 11.6 Å². The van der Waals surface area contributed by atoms with Crippen molar-refractivity contribution < 1.29 is 0 Å². The number of aryl methyl sites for hydroxylation is 1. The van der Waals surface area contributed by atoms with E-state index >= 15 is 0 Å². The fourth-order valence-corrected chi connectivity index (χ4v) is 1.54. The van der Waals surface area contributed by atoms with E-state index in [1.807, 2.05) is 18.2 Å². The van der Waals surface area contributed by atoms with Gasteiger partial charge in [0, 0.05) is 11.8 Å². The highest BCUT2D eigenvalue weighted by Gasteiger charge is 2.01. The Bertz CT molecular complexity index is 469. The van der Waals surface area contributed by atoms with Crippen LogP contribution in [0.2, 0.25) is 0 Å². The highest BCUT2D eigenvalue weighted by atomic mass is 35.5. The van der Waals surface area contributed by atoms with Crippen molar-refractivity contribution in [2.24, 2.45) is 0 Å². The number of hydrogen-bond acceptors (Lipinski definition) is 2. The first-order chi connectivity index (χ1) is 7.29. The molecule has 0 unspecified atom stereocenters. The number of aromatic nitrogens is 2. The lowest BCUT2D eigenvalue weighted by Crippen LogP contribution is -1.92. The molecule has 2 nitrogen and oxygen atoms in total. The Morgan fingerprint density at radius 1 is 1.27 bits per heavy atom. The Morgan fingerprint density at radius 3 is 2.87 bits per heavy atom. The zero-order chi connectivity index (χ0) is 10.7. The van der Waals surface area contributed by atoms with Gasteiger partial charge in [-0.15, -0.1) is 11.6 Å². The predicted octanol–water partition coefficient (Wildman–Crippen LogP) is 3.19. The SMILES string of the molecule is Cc1cccc(-c2nccc(CCl)n2)c1. The molecule has 0 fully saturated rings. The van der Waals surface area contributed by atoms with Crippen molar-refractivity contribution in [2.75, 3.05) is 0 Å². The van der Waals surface area contributed by atoms with Gasteiger partial charge in [-0.05, 0) is 19.1 Å². The van der Waals surface area contributed by atoms with Crippen molar-refractivity contribution in [1.29, 1.82) is 0 Å². The molecule has 0 aliphatic rings. The van der Waals surface area contributed by atoms with Crippen molar-refractivity contribution in [3.05, 3.63) is 47.8 Å². The topological polar surface area (TPSA) is 25.8 Å². The van der Waals surface area contributed by atoms with E-state index in [1.165, 1.54) is 5.56 Å². The standard InChI is InChI=1S/C12H11ClN2/c1-9-3-2-4-10(7-9)12-14-6-5-11(8-13)15-12/h2-7H,8H2,1H3. The average Bonchev–Trinajstić information content (AvgIpc) is 2.29. The molecule has 3 heteroatoms. The molecule has 2 aromatic rings. The van der Waals surface area contributed by atoms with Crippen LogP contribution in [0.5, 0.6) is 0 Å². The van der Waals surface area contributed by atoms with Crippen LogP contribution in [0.15, 0.2) is 36.5 Å². The van der Waals surface area contributed by atoms with Gasteiger partial charge in [0.05, 0.1) is 11.6 Å². The molecule has 0 spiro atoms. The third kappa shape index (κ3) is 2.34. The summed E-state index contributed by atoms with van der Waals surface area (Å²) in [6.45, 7) is 2.05. The molecule has 1 aromatic heterocycles. The highest BCUT2D eigenvalue weighted by molar-refractivity contribution is 6.16. The third-order valence-electron chi connectivity index (χ3n) is 2.13. The van der Waals surface area contributed by atoms with Crippen molar-refractivity contribution >= 4 is 11.6 Å². The number of nitrogens with zero attached hydrogens (tertiary/aromatic N) is 2. The number of alkyl halides is 1. The molecule has 0 N–H and O–H groups in total. The van der Waals surface area contributed by atoms with Crippen LogP contribution in [0, 0.1) is 6.92 Å². The second-order valence-electron chi connectivity index (χ2n) is 3.37. The van der Waals surface area contributed by atoms with Crippen LogP contribution in [0.25, 0.3) is 11.4 Å². The summed E-state index contributed by atoms with van der Waals surface area (Å²) in [4.78, 5) is 8.59. The second-order valence-corrected chi connectivity index (χ2v) is 3.64. The highest BCUT2D eigenvalue weighted by Crippen LogP contribution is 2.16. The van der Waals surface area contributed by atoms with E-state index in [1.54, 1.807) is 6.20 Å². The van der Waals surface area contributed by atoms with Crippen LogP contribution in [0.3, 0.4) is 0 Å². The van der Waals surface area contributed by atoms with Crippen LogP contribution < -0.4 is 0 Å². The van der Waals surface area contributed by atoms with Crippen LogP contribution in [-0.2, 0) is 5.88 Å². The van der Waals surface area contributed by atoms with E-state index in [4.69, 9.17) is 11.6 Å². The maximum absolute atomic E-state index is 5.73. The van der Waals surface area contributed by atoms with Crippen LogP contribution in [-0.4, -0.2) is 9.97 Å². The van der Waals surface area contributed by atoms with E-state index in [0.29, 0.717) is 5.88 Å². The first-order valence-corrected chi connectivity index (χ1v) is 5.28. The van der Waals surface area contributed by atoms with Crippen molar-refractivity contribution in [1.82, 2.24) is 9.97 Å². The smallest absolute Gasteiger partial charge is 0.159 e. The van der Waals surface area contributed by atoms with Gasteiger partial charge in [0.15, 0.2) is 5.82 Å². The Morgan fingerprint density at radius 2 is 2.13 bits per heavy atom. The Kier molecular flexibility index (Phi) is 2.97. The Balaban J connectivity index is 2.44. The molecule has 0 bridgehead atoms. The minimum absolute atomic E-state index is 0.418. The molecule has 0 atom stereocenters. The van der Waals surface area contributed by atoms with Gasteiger partial charge in [0.25, 0.3) is 0 Å². The fraction of sp³-hybridized carbons (Fsp3) is 0.167. The molecule has 1 aromatic carbocycles. The van der Waals surface area contributed by atoms with Gasteiger partial charge in [0.1, 0.15) is 0 Å². The normalized spacial score (nSPS) is 10.3. The largest absolute Gasteiger partial charge is 0.237 e. The van der Waals surface area contributed by atoms with Crippen molar-refractivity contribution in [3.63, 3.8) is 0 Å². The molecule has 0 radical (unpaired) electrons. The van der Waals surface area contributed by atoms with E-state index in [9.17, 15) is 0 Å². The minimum Gasteiger partial charge on any atom is -0.237 e. The van der Waals surface area contributed by atoms with Crippen molar-refractivity contribution in [3.8, 4) is 11.4 Å². The molecule has 2 rings (SSSR count). The van der Waals surface area contributed by atoms with Gasteiger partial charge in [-0.2, -0.15) is 0 Å². The van der Waals surface area contributed by atoms with Gasteiger partial charge in [-0.1, -0.05) is 23.8 Å². The van der Waals surface area contributed by atoms with E-state index in [-0.39, 0.29) is 0 Å². The lowest BCUT2D eigenvalue weighted by molar-refractivity contribution is 1.09. The summed E-state index contributed by atoms with van der Waals surface area (Å²) in [5.74, 6) is 1.15. The van der Waals surface area contributed by atoms with E-state index in [0.717, 1.165) is 17.1 Å². The fourth-order valence-electron chi connectivity index (χ4n) is 1.39. The number of hydrogen-bond donors (Lipinski definition) is 0. The molecule has 1 heterocycles. The summed E-state index contributed by atoms with van der Waals surface area (Å²) < 4.78 is 0. The maximum Gasteiger partial charge on any atom is 0.159 e. The third-order valence-corrected chi connectivity index (χ3v) is 2.40. The lowest BCUT2D eigenvalue weighted by Gasteiger charge is -2.02. The summed E-state index contributed by atoms with van der Waals surface area (Å²) >= 11 is 5.73. The summed E-state index contributed by atoms with van der Waals surface area (Å²) in [5, 5.41) is 0. The summed E-state index contributed by atoms with van der Waals surface area (Å²) in [7, 11) is 0. The molecule has 15 heavy (non-hydrogen) atoms. The second kappa shape index (κ2) is 4.41. The Hall–Kier alpha value is -1.41. The zero-order valence-electron chi connectivity index (χ0n) is 8.44. The summed E-state index contributed by atoms with van der Waals surface area (Å²) in [6.07, 6.45) is 1.74. The molecule has 0 aliphatic carbocycles. The molecule has 0 saturated carbocycles. The van der Waals surface area contributed by atoms with Crippen molar-refractivity contribution in [2.45, 2.75) is 12.8 Å². The summed E-state index contributed by atoms with van der Waals surface area (Å²) in [6, 6.07) is 9.94. The maximum atomic E-state index is 5.73. The zero-order valence-corrected chi connectivity index (χ0v) is 9.20. The molecule has 76 valence electrons. The van der Waals surface area contributed by atoms with Crippen LogP contribution in [0.4, 0.5) is 0 Å². The molecular formula is C12H11ClN2. The van der Waals surface area contributed by atoms with Crippen LogP contribution in [0.1, 0.15) is 11.3 Å². The average molecular weight is 219 g/mol. The van der Waals surface area contributed by atoms with Gasteiger partial charge in [0.2, 0.25) is 0 Å². The van der Waals surface area contributed by atoms with E-state index < -0.39 is 0 Å². The first kappa shape index (κ1) is 10.1. The lowest BCUT2D eigenvalue weighted by atomic mass is 10.1. The molecule has 0 aliphatic heterocycles. The van der Waals surface area contributed by atoms with E-state index in [2.05, 4.69) is 29.0 Å². The minimum atomic E-state index is 0.418. The van der Waals surface area contributed by atoms with Gasteiger partial charge < -0.3 is 0 Å². The van der Waals surface area contributed by atoms with Gasteiger partial charge in [-0.3, -0.25) is 0 Å². The monoisotopic (exact) mass is 218 g/mol. The quantitative estimate of drug-likeness (QED) is 0.724. The number of rotatable bonds is 2. The van der Waals surface area contributed by atoms with Gasteiger partial charge in [-0.25, -0.2) is 9.97 Å². The number of benzene rings is 1. The first-order valence-electron chi connectivity index (χ1n) is 4.74. The molecule has 0 saturated heterocycles. The number of halogens is 1. The molecular weight excluding hydrogens is 208 g/mol.